The topological polar surface area (TPSA) is 81.2 Å². The molecule has 1 aromatic carbocycles. The molecule has 0 atom stereocenters. The molecule has 0 unspecified atom stereocenters. The third-order valence-corrected chi connectivity index (χ3v) is 4.07. The molecule has 0 aliphatic rings. The second kappa shape index (κ2) is 5.98. The van der Waals surface area contributed by atoms with Crippen molar-refractivity contribution in [3.8, 4) is 5.75 Å². The predicted molar refractivity (Wildman–Crippen MR) is 73.8 cm³/mol. The highest BCUT2D eigenvalue weighted by Gasteiger charge is 2.10. The van der Waals surface area contributed by atoms with Crippen LogP contribution < -0.4 is 9.46 Å². The van der Waals surface area contributed by atoms with Gasteiger partial charge in [0.1, 0.15) is 18.2 Å². The molecule has 0 bridgehead atoms. The van der Waals surface area contributed by atoms with Gasteiger partial charge in [-0.1, -0.05) is 0 Å². The number of sulfonamides is 1. The van der Waals surface area contributed by atoms with Crippen LogP contribution in [0.15, 0.2) is 41.6 Å². The molecule has 2 rings (SSSR count). The Bertz CT molecular complexity index is 667. The largest absolute Gasteiger partial charge is 0.489 e. The molecular weight excluding hydrogens is 278 g/mol. The van der Waals surface area contributed by atoms with Crippen molar-refractivity contribution < 1.29 is 13.2 Å². The van der Waals surface area contributed by atoms with Gasteiger partial charge in [0.15, 0.2) is 0 Å². The zero-order valence-corrected chi connectivity index (χ0v) is 12.0. The van der Waals surface area contributed by atoms with Gasteiger partial charge in [-0.05, 0) is 38.2 Å². The number of hydrogen-bond donors (Lipinski definition) is 1. The fourth-order valence-electron chi connectivity index (χ4n) is 1.49. The van der Waals surface area contributed by atoms with Crippen molar-refractivity contribution in [1.29, 1.82) is 0 Å². The Hall–Kier alpha value is -1.99. The fourth-order valence-corrected chi connectivity index (χ4v) is 2.22. The zero-order valence-electron chi connectivity index (χ0n) is 11.2. The van der Waals surface area contributed by atoms with Crippen molar-refractivity contribution in [2.45, 2.75) is 18.4 Å². The second-order valence-corrected chi connectivity index (χ2v) is 5.99. The fraction of sp³-hybridized carbons (Fsp3) is 0.231. The molecule has 0 saturated carbocycles. The van der Waals surface area contributed by atoms with Gasteiger partial charge >= 0.3 is 0 Å². The number of rotatable bonds is 5. The van der Waals surface area contributed by atoms with Gasteiger partial charge in [-0.2, -0.15) is 0 Å². The highest BCUT2D eigenvalue weighted by atomic mass is 32.2. The smallest absolute Gasteiger partial charge is 0.240 e. The number of hydrogen-bond acceptors (Lipinski definition) is 5. The first-order valence-electron chi connectivity index (χ1n) is 5.95. The molecule has 2 aromatic rings. The van der Waals surface area contributed by atoms with Gasteiger partial charge in [0.25, 0.3) is 0 Å². The van der Waals surface area contributed by atoms with Crippen molar-refractivity contribution in [2.75, 3.05) is 7.05 Å². The first-order chi connectivity index (χ1) is 9.51. The highest BCUT2D eigenvalue weighted by Crippen LogP contribution is 2.16. The number of ether oxygens (including phenoxy) is 1. The minimum absolute atomic E-state index is 0.200. The van der Waals surface area contributed by atoms with Gasteiger partial charge in [-0.3, -0.25) is 0 Å². The van der Waals surface area contributed by atoms with Gasteiger partial charge in [0, 0.05) is 18.0 Å². The Kier molecular flexibility index (Phi) is 4.31. The summed E-state index contributed by atoms with van der Waals surface area (Å²) < 4.78 is 30.9. The molecule has 106 valence electrons. The predicted octanol–water partition coefficient (Wildman–Crippen LogP) is 1.27. The van der Waals surface area contributed by atoms with Crippen LogP contribution in [-0.4, -0.2) is 25.4 Å². The van der Waals surface area contributed by atoms with Crippen LogP contribution >= 0.6 is 0 Å². The first-order valence-corrected chi connectivity index (χ1v) is 7.43. The summed E-state index contributed by atoms with van der Waals surface area (Å²) in [5, 5.41) is 0. The minimum Gasteiger partial charge on any atom is -0.489 e. The average molecular weight is 293 g/mol. The second-order valence-electron chi connectivity index (χ2n) is 4.11. The normalized spacial score (nSPS) is 11.3. The molecular formula is C13H15N3O3S. The van der Waals surface area contributed by atoms with Crippen molar-refractivity contribution in [2.24, 2.45) is 0 Å². The molecule has 0 saturated heterocycles. The zero-order chi connectivity index (χ0) is 14.6. The number of nitrogens with zero attached hydrogens (tertiary/aromatic N) is 2. The maximum absolute atomic E-state index is 11.6. The van der Waals surface area contributed by atoms with Gasteiger partial charge in [0.05, 0.1) is 4.90 Å². The van der Waals surface area contributed by atoms with Crippen molar-refractivity contribution >= 4 is 10.0 Å². The van der Waals surface area contributed by atoms with E-state index < -0.39 is 10.0 Å². The molecule has 6 nitrogen and oxygen atoms in total. The summed E-state index contributed by atoms with van der Waals surface area (Å²) in [5.74, 6) is 1.29. The van der Waals surface area contributed by atoms with Crippen LogP contribution in [-0.2, 0) is 16.6 Å². The van der Waals surface area contributed by atoms with E-state index in [1.54, 1.807) is 24.5 Å². The van der Waals surface area contributed by atoms with E-state index in [2.05, 4.69) is 14.7 Å². The van der Waals surface area contributed by atoms with E-state index in [0.717, 1.165) is 5.56 Å². The van der Waals surface area contributed by atoms with Gasteiger partial charge in [0.2, 0.25) is 10.0 Å². The van der Waals surface area contributed by atoms with Crippen LogP contribution in [0.3, 0.4) is 0 Å². The summed E-state index contributed by atoms with van der Waals surface area (Å²) in [7, 11) is -2.04. The van der Waals surface area contributed by atoms with Gasteiger partial charge in [-0.15, -0.1) is 0 Å². The molecule has 1 aromatic heterocycles. The Balaban J connectivity index is 2.03. The van der Waals surface area contributed by atoms with Gasteiger partial charge < -0.3 is 4.74 Å². The van der Waals surface area contributed by atoms with Crippen molar-refractivity contribution in [1.82, 2.24) is 14.7 Å². The summed E-state index contributed by atoms with van der Waals surface area (Å²) in [5.41, 5.74) is 0.850. The lowest BCUT2D eigenvalue weighted by molar-refractivity contribution is 0.305. The molecule has 7 heteroatoms. The Morgan fingerprint density at radius 1 is 1.15 bits per heavy atom. The lowest BCUT2D eigenvalue weighted by Crippen LogP contribution is -2.18. The van der Waals surface area contributed by atoms with E-state index in [-0.39, 0.29) is 4.90 Å². The summed E-state index contributed by atoms with van der Waals surface area (Å²) in [6.07, 6.45) is 3.39. The molecule has 0 fully saturated rings. The lowest BCUT2D eigenvalue weighted by atomic mass is 10.3. The molecule has 0 spiro atoms. The van der Waals surface area contributed by atoms with E-state index >= 15 is 0 Å². The molecule has 1 heterocycles. The van der Waals surface area contributed by atoms with E-state index in [1.807, 2.05) is 6.92 Å². The number of aromatic nitrogens is 2. The summed E-state index contributed by atoms with van der Waals surface area (Å²) >= 11 is 0. The minimum atomic E-state index is -3.41. The first kappa shape index (κ1) is 14.4. The summed E-state index contributed by atoms with van der Waals surface area (Å²) in [4.78, 5) is 8.34. The standard InChI is InChI=1S/C13H15N3O3S/c1-10-15-7-11(8-16-10)9-19-12-3-5-13(6-4-12)20(17,18)14-2/h3-8,14H,9H2,1-2H3. The monoisotopic (exact) mass is 293 g/mol. The highest BCUT2D eigenvalue weighted by molar-refractivity contribution is 7.89. The van der Waals surface area contributed by atoms with Crippen molar-refractivity contribution in [3.05, 3.63) is 48.0 Å². The SMILES string of the molecule is CNS(=O)(=O)c1ccc(OCc2cnc(C)nc2)cc1. The van der Waals surface area contributed by atoms with Crippen LogP contribution in [0.2, 0.25) is 0 Å². The summed E-state index contributed by atoms with van der Waals surface area (Å²) in [6.45, 7) is 2.14. The lowest BCUT2D eigenvalue weighted by Gasteiger charge is -2.07. The third-order valence-electron chi connectivity index (χ3n) is 2.64. The van der Waals surface area contributed by atoms with Crippen LogP contribution in [0.1, 0.15) is 11.4 Å². The quantitative estimate of drug-likeness (QED) is 0.898. The molecule has 0 aliphatic heterocycles. The van der Waals surface area contributed by atoms with Crippen LogP contribution in [0.25, 0.3) is 0 Å². The number of benzene rings is 1. The molecule has 0 aliphatic carbocycles. The van der Waals surface area contributed by atoms with E-state index in [9.17, 15) is 8.42 Å². The Morgan fingerprint density at radius 2 is 1.75 bits per heavy atom. The van der Waals surface area contributed by atoms with E-state index in [4.69, 9.17) is 4.74 Å². The Morgan fingerprint density at radius 3 is 2.30 bits per heavy atom. The van der Waals surface area contributed by atoms with Crippen LogP contribution in [0, 0.1) is 6.92 Å². The van der Waals surface area contributed by atoms with E-state index in [1.165, 1.54) is 19.2 Å². The number of nitrogens with one attached hydrogen (secondary N) is 1. The van der Waals surface area contributed by atoms with Crippen molar-refractivity contribution in [3.63, 3.8) is 0 Å². The third kappa shape index (κ3) is 3.52. The number of aryl methyl sites for hydroxylation is 1. The molecule has 0 radical (unpaired) electrons. The van der Waals surface area contributed by atoms with Gasteiger partial charge in [-0.25, -0.2) is 23.1 Å². The van der Waals surface area contributed by atoms with Crippen LogP contribution in [0.5, 0.6) is 5.75 Å². The van der Waals surface area contributed by atoms with E-state index in [0.29, 0.717) is 18.2 Å². The maximum Gasteiger partial charge on any atom is 0.240 e. The average Bonchev–Trinajstić information content (AvgIpc) is 2.47. The summed E-state index contributed by atoms with van der Waals surface area (Å²) in [6, 6.07) is 6.21. The van der Waals surface area contributed by atoms with Crippen LogP contribution in [0.4, 0.5) is 0 Å². The molecule has 1 N–H and O–H groups in total. The maximum atomic E-state index is 11.6. The molecule has 20 heavy (non-hydrogen) atoms. The Labute approximate surface area is 117 Å². The molecule has 0 amide bonds.